The van der Waals surface area contributed by atoms with E-state index in [0.29, 0.717) is 6.54 Å². The lowest BCUT2D eigenvalue weighted by Crippen LogP contribution is -2.14. The molecule has 1 aromatic heterocycles. The Bertz CT molecular complexity index is 434. The number of aromatic nitrogens is 1. The Labute approximate surface area is 82.1 Å². The molecule has 1 aromatic carbocycles. The summed E-state index contributed by atoms with van der Waals surface area (Å²) in [4.78, 5) is 13.2. The molecule has 0 aliphatic heterocycles. The summed E-state index contributed by atoms with van der Waals surface area (Å²) in [6, 6.07) is 8.33. The number of benzene rings is 1. The van der Waals surface area contributed by atoms with Gasteiger partial charge in [-0.15, -0.1) is 0 Å². The number of aromatic amines is 1. The van der Waals surface area contributed by atoms with Crippen LogP contribution in [0, 0.1) is 0 Å². The van der Waals surface area contributed by atoms with Crippen LogP contribution in [-0.2, 0) is 11.2 Å². The monoisotopic (exact) mass is 188 g/mol. The summed E-state index contributed by atoms with van der Waals surface area (Å²) in [5.74, 6) is 0. The molecule has 1 heterocycles. The molecule has 0 saturated heterocycles. The molecule has 0 fully saturated rings. The first-order chi connectivity index (χ1) is 6.90. The Balaban J connectivity index is 2.13. The Morgan fingerprint density at radius 3 is 3.14 bits per heavy atom. The van der Waals surface area contributed by atoms with Crippen molar-refractivity contribution < 1.29 is 4.79 Å². The number of H-pyrrole nitrogens is 1. The van der Waals surface area contributed by atoms with Gasteiger partial charge in [-0.25, -0.2) is 0 Å². The first kappa shape index (κ1) is 8.81. The Hall–Kier alpha value is -1.77. The molecule has 3 nitrogen and oxygen atoms in total. The fourth-order valence-electron chi connectivity index (χ4n) is 1.53. The Morgan fingerprint density at radius 1 is 1.36 bits per heavy atom. The quantitative estimate of drug-likeness (QED) is 0.553. The van der Waals surface area contributed by atoms with Gasteiger partial charge in [0, 0.05) is 18.3 Å². The number of hydrogen-bond acceptors (Lipinski definition) is 1. The largest absolute Gasteiger partial charge is 0.361 e. The van der Waals surface area contributed by atoms with Crippen LogP contribution in [0.1, 0.15) is 5.56 Å². The molecule has 0 aliphatic rings. The van der Waals surface area contributed by atoms with E-state index in [-0.39, 0.29) is 0 Å². The number of carbonyl (C=O) groups is 1. The minimum Gasteiger partial charge on any atom is -0.361 e. The van der Waals surface area contributed by atoms with Crippen molar-refractivity contribution in [1.29, 1.82) is 0 Å². The van der Waals surface area contributed by atoms with Gasteiger partial charge in [0.1, 0.15) is 0 Å². The van der Waals surface area contributed by atoms with E-state index in [0.717, 1.165) is 18.3 Å². The van der Waals surface area contributed by atoms with Crippen LogP contribution < -0.4 is 5.32 Å². The first-order valence-corrected chi connectivity index (χ1v) is 4.63. The van der Waals surface area contributed by atoms with Gasteiger partial charge in [0.25, 0.3) is 0 Å². The maximum absolute atomic E-state index is 10.0. The van der Waals surface area contributed by atoms with E-state index in [9.17, 15) is 4.79 Å². The van der Waals surface area contributed by atoms with Gasteiger partial charge in [-0.1, -0.05) is 12.1 Å². The summed E-state index contributed by atoms with van der Waals surface area (Å²) in [6.45, 7) is 0.690. The van der Waals surface area contributed by atoms with Crippen molar-refractivity contribution in [2.45, 2.75) is 6.42 Å². The van der Waals surface area contributed by atoms with Gasteiger partial charge >= 0.3 is 0 Å². The molecule has 2 rings (SSSR count). The van der Waals surface area contributed by atoms with Crippen molar-refractivity contribution in [1.82, 2.24) is 10.3 Å². The van der Waals surface area contributed by atoms with E-state index in [4.69, 9.17) is 0 Å². The summed E-state index contributed by atoms with van der Waals surface area (Å²) >= 11 is 0. The van der Waals surface area contributed by atoms with E-state index < -0.39 is 0 Å². The van der Waals surface area contributed by atoms with Crippen LogP contribution in [0.25, 0.3) is 10.9 Å². The zero-order valence-electron chi connectivity index (χ0n) is 7.79. The molecular weight excluding hydrogens is 176 g/mol. The molecule has 0 atom stereocenters. The van der Waals surface area contributed by atoms with Gasteiger partial charge in [0.2, 0.25) is 6.41 Å². The Morgan fingerprint density at radius 2 is 2.29 bits per heavy atom. The van der Waals surface area contributed by atoms with Gasteiger partial charge < -0.3 is 10.3 Å². The molecule has 0 radical (unpaired) electrons. The van der Waals surface area contributed by atoms with Crippen LogP contribution >= 0.6 is 0 Å². The molecule has 72 valence electrons. The van der Waals surface area contributed by atoms with E-state index in [1.165, 1.54) is 10.9 Å². The summed E-state index contributed by atoms with van der Waals surface area (Å²) in [6.07, 6.45) is 3.53. The fraction of sp³-hybridized carbons (Fsp3) is 0.182. The van der Waals surface area contributed by atoms with Crippen LogP contribution in [0.15, 0.2) is 30.5 Å². The molecular formula is C11H12N2O. The topological polar surface area (TPSA) is 44.9 Å². The average molecular weight is 188 g/mol. The first-order valence-electron chi connectivity index (χ1n) is 4.63. The highest BCUT2D eigenvalue weighted by Gasteiger charge is 1.96. The molecule has 0 bridgehead atoms. The molecule has 3 heteroatoms. The molecule has 0 aliphatic carbocycles. The fourth-order valence-corrected chi connectivity index (χ4v) is 1.53. The second-order valence-corrected chi connectivity index (χ2v) is 3.22. The highest BCUT2D eigenvalue weighted by Crippen LogP contribution is 2.14. The van der Waals surface area contributed by atoms with Crippen molar-refractivity contribution in [3.05, 3.63) is 36.0 Å². The van der Waals surface area contributed by atoms with Crippen LogP contribution in [0.2, 0.25) is 0 Å². The van der Waals surface area contributed by atoms with Gasteiger partial charge in [-0.05, 0) is 29.5 Å². The minimum absolute atomic E-state index is 0.690. The van der Waals surface area contributed by atoms with E-state index in [2.05, 4.69) is 28.5 Å². The van der Waals surface area contributed by atoms with Crippen LogP contribution in [0.4, 0.5) is 0 Å². The van der Waals surface area contributed by atoms with Crippen molar-refractivity contribution in [2.75, 3.05) is 6.54 Å². The molecule has 1 amide bonds. The number of carbonyl (C=O) groups excluding carboxylic acids is 1. The summed E-state index contributed by atoms with van der Waals surface area (Å²) < 4.78 is 0. The number of hydrogen-bond donors (Lipinski definition) is 2. The van der Waals surface area contributed by atoms with Crippen molar-refractivity contribution in [3.63, 3.8) is 0 Å². The van der Waals surface area contributed by atoms with Gasteiger partial charge in [-0.3, -0.25) is 4.79 Å². The maximum atomic E-state index is 10.0. The van der Waals surface area contributed by atoms with Crippen LogP contribution in [0.3, 0.4) is 0 Å². The number of rotatable bonds is 4. The third-order valence-electron chi connectivity index (χ3n) is 2.26. The molecule has 0 saturated carbocycles. The number of fused-ring (bicyclic) bond motifs is 1. The third-order valence-corrected chi connectivity index (χ3v) is 2.26. The standard InChI is InChI=1S/C11H12N2O/c14-8-12-5-3-9-1-2-10-4-6-13-11(10)7-9/h1-2,4,6-8,13H,3,5H2,(H,12,14). The van der Waals surface area contributed by atoms with Crippen molar-refractivity contribution in [3.8, 4) is 0 Å². The highest BCUT2D eigenvalue weighted by atomic mass is 16.1. The predicted octanol–water partition coefficient (Wildman–Crippen LogP) is 1.46. The lowest BCUT2D eigenvalue weighted by molar-refractivity contribution is -0.109. The van der Waals surface area contributed by atoms with E-state index >= 15 is 0 Å². The maximum Gasteiger partial charge on any atom is 0.207 e. The SMILES string of the molecule is O=CNCCc1ccc2cc[nH]c2c1. The van der Waals surface area contributed by atoms with E-state index in [1.54, 1.807) is 0 Å². The van der Waals surface area contributed by atoms with Gasteiger partial charge in [-0.2, -0.15) is 0 Å². The molecule has 14 heavy (non-hydrogen) atoms. The van der Waals surface area contributed by atoms with Gasteiger partial charge in [0.15, 0.2) is 0 Å². The highest BCUT2D eigenvalue weighted by molar-refractivity contribution is 5.79. The van der Waals surface area contributed by atoms with E-state index in [1.807, 2.05) is 12.3 Å². The van der Waals surface area contributed by atoms with Crippen LogP contribution in [-0.4, -0.2) is 17.9 Å². The van der Waals surface area contributed by atoms with Crippen molar-refractivity contribution in [2.24, 2.45) is 0 Å². The Kier molecular flexibility index (Phi) is 2.49. The predicted molar refractivity (Wildman–Crippen MR) is 56.1 cm³/mol. The summed E-state index contributed by atoms with van der Waals surface area (Å²) in [5, 5.41) is 3.87. The van der Waals surface area contributed by atoms with Gasteiger partial charge in [0.05, 0.1) is 0 Å². The van der Waals surface area contributed by atoms with Crippen LogP contribution in [0.5, 0.6) is 0 Å². The number of amides is 1. The molecule has 2 aromatic rings. The average Bonchev–Trinajstić information content (AvgIpc) is 2.65. The number of nitrogens with one attached hydrogen (secondary N) is 2. The lowest BCUT2D eigenvalue weighted by Gasteiger charge is -2.00. The third kappa shape index (κ3) is 1.76. The minimum atomic E-state index is 0.690. The zero-order chi connectivity index (χ0) is 9.80. The van der Waals surface area contributed by atoms with Crippen molar-refractivity contribution >= 4 is 17.3 Å². The summed E-state index contributed by atoms with van der Waals surface area (Å²) in [5.41, 5.74) is 2.38. The smallest absolute Gasteiger partial charge is 0.207 e. The second kappa shape index (κ2) is 3.96. The molecule has 0 unspecified atom stereocenters. The molecule has 0 spiro atoms. The summed E-state index contributed by atoms with van der Waals surface area (Å²) in [7, 11) is 0. The lowest BCUT2D eigenvalue weighted by atomic mass is 10.1. The zero-order valence-corrected chi connectivity index (χ0v) is 7.79. The molecule has 2 N–H and O–H groups in total. The normalized spacial score (nSPS) is 10.3. The second-order valence-electron chi connectivity index (χ2n) is 3.22.